The molecule has 1 aromatic heterocycles. The third-order valence-electron chi connectivity index (χ3n) is 2.07. The van der Waals surface area contributed by atoms with Crippen molar-refractivity contribution in [3.05, 3.63) is 17.3 Å². The zero-order chi connectivity index (χ0) is 13.9. The van der Waals surface area contributed by atoms with Crippen LogP contribution in [-0.2, 0) is 0 Å². The molecule has 0 unspecified atom stereocenters. The maximum absolute atomic E-state index is 11.2. The molecule has 1 rings (SSSR count). The minimum Gasteiger partial charge on any atom is -0.490 e. The summed E-state index contributed by atoms with van der Waals surface area (Å²) in [5.74, 6) is -0.379. The SMILES string of the molecule is Cc1nc(OC(C)C)cc(OC(C)C)c1C(=O)O.Cl. The van der Waals surface area contributed by atoms with Crippen LogP contribution in [0.2, 0.25) is 0 Å². The fraction of sp³-hybridized carbons (Fsp3) is 0.538. The smallest absolute Gasteiger partial charge is 0.341 e. The first-order valence-electron chi connectivity index (χ1n) is 5.89. The Morgan fingerprint density at radius 3 is 2.16 bits per heavy atom. The van der Waals surface area contributed by atoms with Gasteiger partial charge in [0, 0.05) is 6.07 Å². The first-order valence-corrected chi connectivity index (χ1v) is 5.89. The van der Waals surface area contributed by atoms with Crippen molar-refractivity contribution in [1.29, 1.82) is 0 Å². The standard InChI is InChI=1S/C13H19NO4.ClH/c1-7(2)17-10-6-11(18-8(3)4)14-9(5)12(10)13(15)16;/h6-8H,1-5H3,(H,15,16);1H. The normalized spacial score (nSPS) is 10.3. The Morgan fingerprint density at radius 1 is 1.21 bits per heavy atom. The summed E-state index contributed by atoms with van der Waals surface area (Å²) in [5, 5.41) is 9.17. The van der Waals surface area contributed by atoms with E-state index in [0.29, 0.717) is 17.3 Å². The molecular formula is C13H20ClNO4. The van der Waals surface area contributed by atoms with Crippen LogP contribution in [0.1, 0.15) is 43.7 Å². The van der Waals surface area contributed by atoms with Crippen molar-refractivity contribution in [2.45, 2.75) is 46.8 Å². The predicted molar refractivity (Wildman–Crippen MR) is 74.7 cm³/mol. The Balaban J connectivity index is 0.00000324. The van der Waals surface area contributed by atoms with Gasteiger partial charge in [0.15, 0.2) is 0 Å². The van der Waals surface area contributed by atoms with Gasteiger partial charge in [-0.1, -0.05) is 0 Å². The van der Waals surface area contributed by atoms with E-state index >= 15 is 0 Å². The molecule has 0 amide bonds. The van der Waals surface area contributed by atoms with Crippen molar-refractivity contribution in [2.24, 2.45) is 0 Å². The van der Waals surface area contributed by atoms with E-state index in [9.17, 15) is 9.90 Å². The van der Waals surface area contributed by atoms with Crippen LogP contribution in [-0.4, -0.2) is 28.3 Å². The van der Waals surface area contributed by atoms with Crippen molar-refractivity contribution in [3.63, 3.8) is 0 Å². The van der Waals surface area contributed by atoms with E-state index in [1.165, 1.54) is 6.07 Å². The fourth-order valence-electron chi connectivity index (χ4n) is 1.52. The molecule has 0 fully saturated rings. The zero-order valence-corrected chi connectivity index (χ0v) is 12.6. The molecule has 0 saturated heterocycles. The van der Waals surface area contributed by atoms with Crippen LogP contribution in [0.15, 0.2) is 6.07 Å². The summed E-state index contributed by atoms with van der Waals surface area (Å²) in [6.07, 6.45) is -0.142. The van der Waals surface area contributed by atoms with Gasteiger partial charge in [-0.3, -0.25) is 0 Å². The third-order valence-corrected chi connectivity index (χ3v) is 2.07. The lowest BCUT2D eigenvalue weighted by Crippen LogP contribution is -2.14. The summed E-state index contributed by atoms with van der Waals surface area (Å²) in [7, 11) is 0. The molecule has 108 valence electrons. The molecule has 0 aliphatic rings. The number of ether oxygens (including phenoxy) is 2. The van der Waals surface area contributed by atoms with Crippen molar-refractivity contribution in [3.8, 4) is 11.6 Å². The molecule has 0 radical (unpaired) electrons. The van der Waals surface area contributed by atoms with Crippen molar-refractivity contribution >= 4 is 18.4 Å². The van der Waals surface area contributed by atoms with Gasteiger partial charge in [0.2, 0.25) is 5.88 Å². The van der Waals surface area contributed by atoms with Gasteiger partial charge in [-0.2, -0.15) is 0 Å². The Kier molecular flexibility index (Phi) is 6.62. The summed E-state index contributed by atoms with van der Waals surface area (Å²) in [6.45, 7) is 9.06. The number of hydrogen-bond donors (Lipinski definition) is 1. The molecule has 0 saturated carbocycles. The van der Waals surface area contributed by atoms with E-state index < -0.39 is 5.97 Å². The molecule has 19 heavy (non-hydrogen) atoms. The van der Waals surface area contributed by atoms with E-state index in [1.54, 1.807) is 6.92 Å². The topological polar surface area (TPSA) is 68.7 Å². The average Bonchev–Trinajstić information content (AvgIpc) is 2.12. The predicted octanol–water partition coefficient (Wildman–Crippen LogP) is 3.08. The van der Waals surface area contributed by atoms with Crippen LogP contribution in [0.5, 0.6) is 11.6 Å². The van der Waals surface area contributed by atoms with Crippen LogP contribution >= 0.6 is 12.4 Å². The lowest BCUT2D eigenvalue weighted by Gasteiger charge is -2.16. The number of hydrogen-bond acceptors (Lipinski definition) is 4. The lowest BCUT2D eigenvalue weighted by atomic mass is 10.2. The minimum absolute atomic E-state index is 0. The van der Waals surface area contributed by atoms with Crippen molar-refractivity contribution in [2.75, 3.05) is 0 Å². The molecule has 6 heteroatoms. The fourth-order valence-corrected chi connectivity index (χ4v) is 1.52. The Bertz CT molecular complexity index is 447. The highest BCUT2D eigenvalue weighted by Crippen LogP contribution is 2.27. The average molecular weight is 290 g/mol. The second-order valence-corrected chi connectivity index (χ2v) is 4.56. The second-order valence-electron chi connectivity index (χ2n) is 4.56. The van der Waals surface area contributed by atoms with Crippen LogP contribution < -0.4 is 9.47 Å². The van der Waals surface area contributed by atoms with Crippen molar-refractivity contribution in [1.82, 2.24) is 4.98 Å². The lowest BCUT2D eigenvalue weighted by molar-refractivity contribution is 0.0688. The zero-order valence-electron chi connectivity index (χ0n) is 11.8. The van der Waals surface area contributed by atoms with E-state index in [1.807, 2.05) is 27.7 Å². The molecular weight excluding hydrogens is 270 g/mol. The summed E-state index contributed by atoms with van der Waals surface area (Å²) < 4.78 is 11.0. The monoisotopic (exact) mass is 289 g/mol. The first-order chi connectivity index (χ1) is 8.31. The number of halogens is 1. The number of aromatic carboxylic acids is 1. The van der Waals surface area contributed by atoms with Gasteiger partial charge in [0.05, 0.1) is 17.9 Å². The Labute approximate surface area is 119 Å². The summed E-state index contributed by atoms with van der Waals surface area (Å²) in [4.78, 5) is 15.3. The van der Waals surface area contributed by atoms with Crippen LogP contribution in [0.25, 0.3) is 0 Å². The number of nitrogens with zero attached hydrogens (tertiary/aromatic N) is 1. The molecule has 0 atom stereocenters. The van der Waals surface area contributed by atoms with Gasteiger partial charge in [0.1, 0.15) is 11.3 Å². The van der Waals surface area contributed by atoms with Crippen LogP contribution in [0.4, 0.5) is 0 Å². The molecule has 0 aromatic carbocycles. The number of carboxylic acid groups (broad SMARTS) is 1. The number of carboxylic acids is 1. The largest absolute Gasteiger partial charge is 0.490 e. The highest BCUT2D eigenvalue weighted by molar-refractivity contribution is 5.92. The molecule has 1 aromatic rings. The Hall–Kier alpha value is -1.49. The maximum atomic E-state index is 11.2. The number of aromatic nitrogens is 1. The van der Waals surface area contributed by atoms with Gasteiger partial charge in [-0.25, -0.2) is 9.78 Å². The number of aryl methyl sites for hydroxylation is 1. The molecule has 0 bridgehead atoms. The molecule has 5 nitrogen and oxygen atoms in total. The van der Waals surface area contributed by atoms with Gasteiger partial charge in [-0.05, 0) is 34.6 Å². The van der Waals surface area contributed by atoms with Gasteiger partial charge in [-0.15, -0.1) is 12.4 Å². The summed E-state index contributed by atoms with van der Waals surface area (Å²) in [6, 6.07) is 1.52. The van der Waals surface area contributed by atoms with Crippen molar-refractivity contribution < 1.29 is 19.4 Å². The molecule has 1 N–H and O–H groups in total. The van der Waals surface area contributed by atoms with Crippen LogP contribution in [0, 0.1) is 6.92 Å². The van der Waals surface area contributed by atoms with Gasteiger partial charge < -0.3 is 14.6 Å². The highest BCUT2D eigenvalue weighted by atomic mass is 35.5. The second kappa shape index (κ2) is 7.19. The van der Waals surface area contributed by atoms with Gasteiger partial charge in [0.25, 0.3) is 0 Å². The highest BCUT2D eigenvalue weighted by Gasteiger charge is 2.19. The first kappa shape index (κ1) is 17.5. The molecule has 0 aliphatic carbocycles. The summed E-state index contributed by atoms with van der Waals surface area (Å²) in [5.41, 5.74) is 0.469. The molecule has 0 spiro atoms. The van der Waals surface area contributed by atoms with E-state index in [4.69, 9.17) is 9.47 Å². The van der Waals surface area contributed by atoms with Gasteiger partial charge >= 0.3 is 5.97 Å². The number of pyridine rings is 1. The summed E-state index contributed by atoms with van der Waals surface area (Å²) >= 11 is 0. The van der Waals surface area contributed by atoms with E-state index in [2.05, 4.69) is 4.98 Å². The number of carbonyl (C=O) groups is 1. The van der Waals surface area contributed by atoms with Crippen LogP contribution in [0.3, 0.4) is 0 Å². The molecule has 0 aliphatic heterocycles. The Morgan fingerprint density at radius 2 is 1.74 bits per heavy atom. The third kappa shape index (κ3) is 4.95. The quantitative estimate of drug-likeness (QED) is 0.902. The number of rotatable bonds is 5. The van der Waals surface area contributed by atoms with E-state index in [-0.39, 0.29) is 30.2 Å². The minimum atomic E-state index is -1.05. The maximum Gasteiger partial charge on any atom is 0.341 e. The molecule has 1 heterocycles. The van der Waals surface area contributed by atoms with E-state index in [0.717, 1.165) is 0 Å².